The minimum atomic E-state index is -0.445. The van der Waals surface area contributed by atoms with Gasteiger partial charge in [0.1, 0.15) is 17.6 Å². The van der Waals surface area contributed by atoms with Gasteiger partial charge in [-0.1, -0.05) is 6.07 Å². The van der Waals surface area contributed by atoms with E-state index in [1.54, 1.807) is 18.3 Å². The Bertz CT molecular complexity index is 1130. The lowest BCUT2D eigenvalue weighted by atomic mass is 10.0. The van der Waals surface area contributed by atoms with E-state index in [1.165, 1.54) is 19.2 Å². The topological polar surface area (TPSA) is 111 Å². The first kappa shape index (κ1) is 21.4. The molecule has 1 aliphatic rings. The van der Waals surface area contributed by atoms with E-state index in [-0.39, 0.29) is 30.2 Å². The second-order valence-corrected chi connectivity index (χ2v) is 7.54. The monoisotopic (exact) mass is 452 g/mol. The van der Waals surface area contributed by atoms with E-state index < -0.39 is 4.92 Å². The number of nitro groups is 1. The predicted octanol–water partition coefficient (Wildman–Crippen LogP) is 3.79. The van der Waals surface area contributed by atoms with Gasteiger partial charge in [-0.3, -0.25) is 19.9 Å². The molecule has 3 heterocycles. The summed E-state index contributed by atoms with van der Waals surface area (Å²) in [4.78, 5) is 28.6. The van der Waals surface area contributed by atoms with Gasteiger partial charge in [-0.15, -0.1) is 0 Å². The minimum absolute atomic E-state index is 0.00933. The number of esters is 1. The number of hydrogen-bond acceptors (Lipinski definition) is 7. The summed E-state index contributed by atoms with van der Waals surface area (Å²) in [5, 5.41) is 14.7. The highest BCUT2D eigenvalue weighted by Crippen LogP contribution is 2.40. The summed E-state index contributed by atoms with van der Waals surface area (Å²) in [5.74, 6) is 0.866. The van der Waals surface area contributed by atoms with Crippen LogP contribution in [-0.2, 0) is 9.53 Å². The van der Waals surface area contributed by atoms with Gasteiger partial charge in [0.2, 0.25) is 0 Å². The molecule has 0 aliphatic carbocycles. The van der Waals surface area contributed by atoms with E-state index in [1.807, 2.05) is 35.2 Å². The number of nitro benzene ring substituents is 1. The third-order valence-electron chi connectivity index (χ3n) is 5.26. The van der Waals surface area contributed by atoms with Gasteiger partial charge in [0, 0.05) is 30.4 Å². The van der Waals surface area contributed by atoms with Crippen LogP contribution >= 0.6 is 12.2 Å². The summed E-state index contributed by atoms with van der Waals surface area (Å²) in [7, 11) is 1.35. The molecule has 0 unspecified atom stereocenters. The number of benzene rings is 1. The Morgan fingerprint density at radius 1 is 1.25 bits per heavy atom. The Labute approximate surface area is 189 Å². The van der Waals surface area contributed by atoms with Gasteiger partial charge in [-0.05, 0) is 48.6 Å². The largest absolute Gasteiger partial charge is 0.469 e. The molecular formula is C22H20N4O5S. The molecule has 2 aromatic heterocycles. The molecule has 0 spiro atoms. The average molecular weight is 452 g/mol. The summed E-state index contributed by atoms with van der Waals surface area (Å²) < 4.78 is 10.9. The van der Waals surface area contributed by atoms with Crippen molar-refractivity contribution < 1.29 is 18.9 Å². The Balaban J connectivity index is 1.67. The fraction of sp³-hybridized carbons (Fsp3) is 0.227. The molecule has 3 aromatic rings. The number of carbonyl (C=O) groups excluding carboxylic acids is 1. The van der Waals surface area contributed by atoms with Crippen molar-refractivity contribution in [2.75, 3.05) is 13.7 Å². The normalized spacial score (nSPS) is 17.8. The lowest BCUT2D eigenvalue weighted by Gasteiger charge is -2.25. The van der Waals surface area contributed by atoms with Crippen molar-refractivity contribution in [3.63, 3.8) is 0 Å². The number of nitrogens with one attached hydrogen (secondary N) is 1. The van der Waals surface area contributed by atoms with Crippen molar-refractivity contribution >= 4 is 29.0 Å². The smallest absolute Gasteiger partial charge is 0.307 e. The fourth-order valence-corrected chi connectivity index (χ4v) is 4.02. The Kier molecular flexibility index (Phi) is 6.13. The van der Waals surface area contributed by atoms with Crippen LogP contribution in [0.15, 0.2) is 65.2 Å². The lowest BCUT2D eigenvalue weighted by Crippen LogP contribution is -2.31. The number of aromatic nitrogens is 1. The molecule has 0 bridgehead atoms. The van der Waals surface area contributed by atoms with Crippen molar-refractivity contribution in [2.24, 2.45) is 0 Å². The summed E-state index contributed by atoms with van der Waals surface area (Å²) in [6.07, 6.45) is 1.87. The third-order valence-corrected chi connectivity index (χ3v) is 5.62. The van der Waals surface area contributed by atoms with Crippen LogP contribution in [0.4, 0.5) is 5.69 Å². The second-order valence-electron chi connectivity index (χ2n) is 7.15. The first-order chi connectivity index (χ1) is 15.5. The number of furan rings is 1. The zero-order valence-electron chi connectivity index (χ0n) is 17.1. The van der Waals surface area contributed by atoms with Crippen LogP contribution in [0.25, 0.3) is 11.3 Å². The van der Waals surface area contributed by atoms with Gasteiger partial charge in [0.15, 0.2) is 5.11 Å². The number of pyridine rings is 1. The number of thiocarbonyl (C=S) groups is 1. The highest BCUT2D eigenvalue weighted by Gasteiger charge is 2.41. The van der Waals surface area contributed by atoms with Crippen molar-refractivity contribution in [3.05, 3.63) is 82.4 Å². The second kappa shape index (κ2) is 9.15. The van der Waals surface area contributed by atoms with E-state index in [4.69, 9.17) is 21.4 Å². The number of hydrogen-bond donors (Lipinski definition) is 1. The predicted molar refractivity (Wildman–Crippen MR) is 120 cm³/mol. The van der Waals surface area contributed by atoms with Crippen LogP contribution in [0.1, 0.15) is 30.0 Å². The molecule has 9 nitrogen and oxygen atoms in total. The standard InChI is InChI=1S/C22H20N4O5S/c1-30-19(27)11-13-25-21(20(24-22(25)32)16-4-2-3-12-23-16)18-10-9-17(31-18)14-5-7-15(8-6-14)26(28)29/h2-10,12,20-21H,11,13H2,1H3,(H,24,32)/t20-,21+/m0/s1. The number of nitrogens with zero attached hydrogens (tertiary/aromatic N) is 3. The Morgan fingerprint density at radius 3 is 2.69 bits per heavy atom. The minimum Gasteiger partial charge on any atom is -0.469 e. The molecular weight excluding hydrogens is 432 g/mol. The number of rotatable bonds is 7. The molecule has 164 valence electrons. The Hall–Kier alpha value is -3.79. The number of ether oxygens (including phenoxy) is 1. The molecule has 4 rings (SSSR count). The quantitative estimate of drug-likeness (QED) is 0.248. The van der Waals surface area contributed by atoms with Gasteiger partial charge >= 0.3 is 5.97 Å². The van der Waals surface area contributed by atoms with E-state index in [2.05, 4.69) is 10.3 Å². The van der Waals surface area contributed by atoms with Crippen LogP contribution < -0.4 is 5.32 Å². The molecule has 1 aliphatic heterocycles. The van der Waals surface area contributed by atoms with Crippen LogP contribution in [0, 0.1) is 10.1 Å². The molecule has 10 heteroatoms. The fourth-order valence-electron chi connectivity index (χ4n) is 3.68. The van der Waals surface area contributed by atoms with Crippen LogP contribution in [0.2, 0.25) is 0 Å². The SMILES string of the molecule is COC(=O)CCN1C(=S)N[C@@H](c2ccccn2)[C@H]1c1ccc(-c2ccc([N+](=O)[O-])cc2)o1. The molecule has 1 saturated heterocycles. The van der Waals surface area contributed by atoms with E-state index in [0.29, 0.717) is 28.7 Å². The van der Waals surface area contributed by atoms with Gasteiger partial charge in [-0.25, -0.2) is 0 Å². The van der Waals surface area contributed by atoms with Gasteiger partial charge < -0.3 is 19.4 Å². The zero-order chi connectivity index (χ0) is 22.7. The molecule has 0 saturated carbocycles. The molecule has 1 aromatic carbocycles. The third kappa shape index (κ3) is 4.30. The maximum absolute atomic E-state index is 11.7. The molecule has 0 amide bonds. The van der Waals surface area contributed by atoms with Gasteiger partial charge in [-0.2, -0.15) is 0 Å². The Morgan fingerprint density at radius 2 is 2.03 bits per heavy atom. The van der Waals surface area contributed by atoms with Crippen molar-refractivity contribution in [1.82, 2.24) is 15.2 Å². The summed E-state index contributed by atoms with van der Waals surface area (Å²) in [5.41, 5.74) is 1.51. The summed E-state index contributed by atoms with van der Waals surface area (Å²) >= 11 is 5.55. The maximum Gasteiger partial charge on any atom is 0.307 e. The zero-order valence-corrected chi connectivity index (χ0v) is 18.0. The molecule has 32 heavy (non-hydrogen) atoms. The molecule has 1 N–H and O–H groups in total. The van der Waals surface area contributed by atoms with Gasteiger partial charge in [0.25, 0.3) is 5.69 Å². The average Bonchev–Trinajstić information content (AvgIpc) is 3.42. The van der Waals surface area contributed by atoms with Gasteiger partial charge in [0.05, 0.1) is 30.2 Å². The maximum atomic E-state index is 11.7. The molecule has 0 radical (unpaired) electrons. The van der Waals surface area contributed by atoms with E-state index >= 15 is 0 Å². The van der Waals surface area contributed by atoms with Crippen LogP contribution in [0.5, 0.6) is 0 Å². The number of carbonyl (C=O) groups is 1. The highest BCUT2D eigenvalue weighted by molar-refractivity contribution is 7.80. The molecule has 2 atom stereocenters. The van der Waals surface area contributed by atoms with Crippen molar-refractivity contribution in [3.8, 4) is 11.3 Å². The van der Waals surface area contributed by atoms with E-state index in [9.17, 15) is 14.9 Å². The number of non-ortho nitro benzene ring substituents is 1. The number of methoxy groups -OCH3 is 1. The highest BCUT2D eigenvalue weighted by atomic mass is 32.1. The summed E-state index contributed by atoms with van der Waals surface area (Å²) in [6, 6.07) is 14.8. The summed E-state index contributed by atoms with van der Waals surface area (Å²) in [6.45, 7) is 0.347. The van der Waals surface area contributed by atoms with Crippen molar-refractivity contribution in [1.29, 1.82) is 0 Å². The van der Waals surface area contributed by atoms with Crippen LogP contribution in [0.3, 0.4) is 0 Å². The van der Waals surface area contributed by atoms with E-state index in [0.717, 1.165) is 5.69 Å². The first-order valence-electron chi connectivity index (χ1n) is 9.87. The van der Waals surface area contributed by atoms with Crippen molar-refractivity contribution in [2.45, 2.75) is 18.5 Å². The van der Waals surface area contributed by atoms with Crippen LogP contribution in [-0.4, -0.2) is 39.5 Å². The molecule has 1 fully saturated rings. The first-order valence-corrected chi connectivity index (χ1v) is 10.3. The lowest BCUT2D eigenvalue weighted by molar-refractivity contribution is -0.384.